The van der Waals surface area contributed by atoms with Gasteiger partial charge in [-0.25, -0.2) is 0 Å². The van der Waals surface area contributed by atoms with Gasteiger partial charge in [0.2, 0.25) is 5.70 Å². The zero-order chi connectivity index (χ0) is 10.4. The summed E-state index contributed by atoms with van der Waals surface area (Å²) >= 11 is 5.59. The molecule has 0 unspecified atom stereocenters. The molecule has 0 radical (unpaired) electrons. The Hall–Kier alpha value is -1.07. The van der Waals surface area contributed by atoms with Gasteiger partial charge in [0.1, 0.15) is 5.16 Å². The molecule has 0 heterocycles. The summed E-state index contributed by atoms with van der Waals surface area (Å²) in [7, 11) is 1.40. The number of hydroxylamine groups is 1. The average Bonchev–Trinajstić information content (AvgIpc) is 2.03. The van der Waals surface area contributed by atoms with Crippen molar-refractivity contribution in [3.63, 3.8) is 0 Å². The number of rotatable bonds is 4. The van der Waals surface area contributed by atoms with E-state index in [0.717, 1.165) is 0 Å². The van der Waals surface area contributed by atoms with E-state index in [1.165, 1.54) is 20.1 Å². The zero-order valence-corrected chi connectivity index (χ0v) is 8.38. The van der Waals surface area contributed by atoms with Crippen molar-refractivity contribution in [2.24, 2.45) is 0 Å². The van der Waals surface area contributed by atoms with Crippen molar-refractivity contribution < 1.29 is 9.76 Å². The highest BCUT2D eigenvalue weighted by Gasteiger charge is 2.06. The first-order valence-electron chi connectivity index (χ1n) is 3.47. The fourth-order valence-electron chi connectivity index (χ4n) is 0.565. The predicted molar refractivity (Wildman–Crippen MR) is 49.4 cm³/mol. The molecule has 0 aromatic rings. The Bertz CT molecular complexity index is 260. The molecule has 0 spiro atoms. The monoisotopic (exact) mass is 206 g/mol. The molecule has 0 aromatic heterocycles. The molecule has 0 saturated carbocycles. The van der Waals surface area contributed by atoms with Crippen LogP contribution >= 0.6 is 11.6 Å². The number of halogens is 1. The van der Waals surface area contributed by atoms with Crippen LogP contribution in [0, 0.1) is 10.1 Å². The maximum Gasteiger partial charge on any atom is 0.246 e. The molecular weight excluding hydrogens is 196 g/mol. The molecule has 6 heteroatoms. The van der Waals surface area contributed by atoms with E-state index in [2.05, 4.69) is 10.3 Å². The normalized spacial score (nSPS) is 13.7. The highest BCUT2D eigenvalue weighted by atomic mass is 35.5. The number of hydrogen-bond acceptors (Lipinski definition) is 4. The summed E-state index contributed by atoms with van der Waals surface area (Å²) in [5.74, 6) is 0. The van der Waals surface area contributed by atoms with Crippen molar-refractivity contribution in [1.82, 2.24) is 5.48 Å². The molecule has 0 aromatic carbocycles. The van der Waals surface area contributed by atoms with Gasteiger partial charge in [-0.1, -0.05) is 11.6 Å². The van der Waals surface area contributed by atoms with Crippen LogP contribution in [0.2, 0.25) is 0 Å². The molecule has 0 amide bonds. The van der Waals surface area contributed by atoms with Crippen molar-refractivity contribution in [3.8, 4) is 0 Å². The Morgan fingerprint density at radius 2 is 2.15 bits per heavy atom. The SMILES string of the molecule is CON/C(Cl)=C\C(C)=C(/C)[N+](=O)[O-]. The third-order valence-corrected chi connectivity index (χ3v) is 1.57. The van der Waals surface area contributed by atoms with E-state index in [1.807, 2.05) is 0 Å². The first-order chi connectivity index (χ1) is 5.99. The zero-order valence-electron chi connectivity index (χ0n) is 7.63. The Morgan fingerprint density at radius 3 is 2.54 bits per heavy atom. The van der Waals surface area contributed by atoms with Gasteiger partial charge in [0.25, 0.3) is 0 Å². The molecule has 5 nitrogen and oxygen atoms in total. The van der Waals surface area contributed by atoms with E-state index in [9.17, 15) is 10.1 Å². The third-order valence-electron chi connectivity index (χ3n) is 1.39. The van der Waals surface area contributed by atoms with Crippen LogP contribution in [-0.4, -0.2) is 12.0 Å². The van der Waals surface area contributed by atoms with Crippen LogP contribution in [0.25, 0.3) is 0 Å². The van der Waals surface area contributed by atoms with E-state index in [0.29, 0.717) is 5.57 Å². The molecule has 0 aliphatic rings. The maximum absolute atomic E-state index is 10.3. The summed E-state index contributed by atoms with van der Waals surface area (Å²) in [5, 5.41) is 10.5. The molecule has 0 bridgehead atoms. The van der Waals surface area contributed by atoms with Crippen LogP contribution in [0.15, 0.2) is 22.5 Å². The topological polar surface area (TPSA) is 64.4 Å². The summed E-state index contributed by atoms with van der Waals surface area (Å²) in [4.78, 5) is 14.3. The highest BCUT2D eigenvalue weighted by molar-refractivity contribution is 6.29. The summed E-state index contributed by atoms with van der Waals surface area (Å²) in [6.07, 6.45) is 1.42. The summed E-state index contributed by atoms with van der Waals surface area (Å²) in [5.41, 5.74) is 2.86. The van der Waals surface area contributed by atoms with Crippen molar-refractivity contribution >= 4 is 11.6 Å². The Balaban J connectivity index is 4.60. The third kappa shape index (κ3) is 4.49. The minimum atomic E-state index is -0.469. The van der Waals surface area contributed by atoms with E-state index >= 15 is 0 Å². The van der Waals surface area contributed by atoms with E-state index in [4.69, 9.17) is 11.6 Å². The van der Waals surface area contributed by atoms with Gasteiger partial charge in [-0.3, -0.25) is 20.4 Å². The van der Waals surface area contributed by atoms with Crippen LogP contribution in [0.4, 0.5) is 0 Å². The quantitative estimate of drug-likeness (QED) is 0.330. The second-order valence-electron chi connectivity index (χ2n) is 2.32. The van der Waals surface area contributed by atoms with E-state index in [-0.39, 0.29) is 10.9 Å². The van der Waals surface area contributed by atoms with Crippen molar-refractivity contribution in [1.29, 1.82) is 0 Å². The lowest BCUT2D eigenvalue weighted by Gasteiger charge is -2.00. The van der Waals surface area contributed by atoms with Gasteiger partial charge in [-0.15, -0.1) is 0 Å². The van der Waals surface area contributed by atoms with Gasteiger partial charge in [0, 0.05) is 12.5 Å². The minimum absolute atomic E-state index is 0.0519. The van der Waals surface area contributed by atoms with Gasteiger partial charge in [0.05, 0.1) is 12.0 Å². The Kier molecular flexibility index (Phi) is 5.10. The molecule has 0 fully saturated rings. The molecule has 1 N–H and O–H groups in total. The molecule has 74 valence electrons. The van der Waals surface area contributed by atoms with Gasteiger partial charge < -0.3 is 0 Å². The molecule has 0 aliphatic heterocycles. The number of nitrogens with one attached hydrogen (secondary N) is 1. The fourth-order valence-corrected chi connectivity index (χ4v) is 0.806. The van der Waals surface area contributed by atoms with E-state index < -0.39 is 4.92 Å². The number of nitrogens with zero attached hydrogens (tertiary/aromatic N) is 1. The van der Waals surface area contributed by atoms with Crippen LogP contribution in [0.1, 0.15) is 13.8 Å². The average molecular weight is 207 g/mol. The molecule has 0 atom stereocenters. The lowest BCUT2D eigenvalue weighted by molar-refractivity contribution is -0.425. The number of hydrogen-bond donors (Lipinski definition) is 1. The van der Waals surface area contributed by atoms with Gasteiger partial charge in [0.15, 0.2) is 0 Å². The minimum Gasteiger partial charge on any atom is -0.279 e. The first kappa shape index (κ1) is 11.9. The lowest BCUT2D eigenvalue weighted by Crippen LogP contribution is -2.07. The Labute approximate surface area is 81.1 Å². The Morgan fingerprint density at radius 1 is 1.62 bits per heavy atom. The molecule has 0 rings (SSSR count). The first-order valence-corrected chi connectivity index (χ1v) is 3.85. The van der Waals surface area contributed by atoms with Crippen LogP contribution in [-0.2, 0) is 4.84 Å². The van der Waals surface area contributed by atoms with Gasteiger partial charge in [-0.2, -0.15) is 0 Å². The van der Waals surface area contributed by atoms with Crippen molar-refractivity contribution in [2.45, 2.75) is 13.8 Å². The smallest absolute Gasteiger partial charge is 0.246 e. The van der Waals surface area contributed by atoms with Crippen molar-refractivity contribution in [2.75, 3.05) is 7.11 Å². The lowest BCUT2D eigenvalue weighted by atomic mass is 10.2. The highest BCUT2D eigenvalue weighted by Crippen LogP contribution is 2.09. The largest absolute Gasteiger partial charge is 0.279 e. The second kappa shape index (κ2) is 5.55. The van der Waals surface area contributed by atoms with E-state index in [1.54, 1.807) is 6.92 Å². The standard InChI is InChI=1S/C7H11ClN2O3/c1-5(6(2)10(11)12)4-7(8)9-13-3/h4,9H,1-3H3/b6-5+,7-4-. The molecular formula is C7H11ClN2O3. The summed E-state index contributed by atoms with van der Waals surface area (Å²) in [6.45, 7) is 3.00. The predicted octanol–water partition coefficient (Wildman–Crippen LogP) is 1.79. The van der Waals surface area contributed by atoms with Gasteiger partial charge in [-0.05, 0) is 13.0 Å². The molecule has 0 aliphatic carbocycles. The molecule has 0 saturated heterocycles. The van der Waals surface area contributed by atoms with Crippen molar-refractivity contribution in [3.05, 3.63) is 32.6 Å². The summed E-state index contributed by atoms with van der Waals surface area (Å²) in [6, 6.07) is 0. The van der Waals surface area contributed by atoms with Gasteiger partial charge >= 0.3 is 0 Å². The number of nitro groups is 1. The maximum atomic E-state index is 10.3. The summed E-state index contributed by atoms with van der Waals surface area (Å²) < 4.78 is 0. The second-order valence-corrected chi connectivity index (χ2v) is 2.73. The molecule has 13 heavy (non-hydrogen) atoms. The van der Waals surface area contributed by atoms with Crippen LogP contribution in [0.3, 0.4) is 0 Å². The van der Waals surface area contributed by atoms with Crippen LogP contribution in [0.5, 0.6) is 0 Å². The fraction of sp³-hybridized carbons (Fsp3) is 0.429. The van der Waals surface area contributed by atoms with Crippen LogP contribution < -0.4 is 5.48 Å². The number of allylic oxidation sites excluding steroid dienone is 3.